The molecule has 1 aliphatic carbocycles. The molecule has 1 heterocycles. The Hall–Kier alpha value is -1.49. The normalized spacial score (nSPS) is 22.5. The van der Waals surface area contributed by atoms with Crippen molar-refractivity contribution in [3.05, 3.63) is 12.1 Å². The first-order chi connectivity index (χ1) is 9.70. The fourth-order valence-corrected chi connectivity index (χ4v) is 2.53. The molecular weight excluding hydrogens is 254 g/mol. The summed E-state index contributed by atoms with van der Waals surface area (Å²) in [6.07, 6.45) is 5.04. The van der Waals surface area contributed by atoms with Crippen molar-refractivity contribution in [1.82, 2.24) is 4.98 Å². The second kappa shape index (κ2) is 7.33. The number of rotatable bonds is 6. The van der Waals surface area contributed by atoms with Gasteiger partial charge in [0.15, 0.2) is 0 Å². The van der Waals surface area contributed by atoms with Gasteiger partial charge in [-0.2, -0.15) is 4.98 Å². The van der Waals surface area contributed by atoms with Gasteiger partial charge in [0.1, 0.15) is 5.82 Å². The quantitative estimate of drug-likeness (QED) is 0.745. The Labute approximate surface area is 120 Å². The van der Waals surface area contributed by atoms with E-state index in [4.69, 9.17) is 10.5 Å². The lowest BCUT2D eigenvalue weighted by Gasteiger charge is -2.27. The first kappa shape index (κ1) is 14.9. The molecule has 2 atom stereocenters. The van der Waals surface area contributed by atoms with Crippen LogP contribution in [0, 0.1) is 5.92 Å². The molecule has 1 aliphatic rings. The summed E-state index contributed by atoms with van der Waals surface area (Å²) in [6.45, 7) is 3.40. The minimum Gasteiger partial charge on any atom is -0.476 e. The summed E-state index contributed by atoms with van der Waals surface area (Å²) in [5.74, 6) is 1.55. The van der Waals surface area contributed by atoms with Crippen molar-refractivity contribution in [2.75, 3.05) is 24.2 Å². The van der Waals surface area contributed by atoms with Crippen LogP contribution < -0.4 is 15.8 Å². The van der Waals surface area contributed by atoms with E-state index in [9.17, 15) is 5.11 Å². The van der Waals surface area contributed by atoms with Crippen LogP contribution in [0.2, 0.25) is 0 Å². The maximum atomic E-state index is 9.96. The molecule has 112 valence electrons. The number of aliphatic hydroxyl groups is 1. The largest absolute Gasteiger partial charge is 0.476 e. The van der Waals surface area contributed by atoms with Crippen molar-refractivity contribution >= 4 is 11.5 Å². The summed E-state index contributed by atoms with van der Waals surface area (Å²) in [5, 5.41) is 13.2. The third kappa shape index (κ3) is 4.00. The minimum absolute atomic E-state index is 0.194. The van der Waals surface area contributed by atoms with Gasteiger partial charge in [0.05, 0.1) is 18.4 Å². The number of nitrogen functional groups attached to an aromatic ring is 1. The number of ether oxygens (including phenoxy) is 1. The highest BCUT2D eigenvalue weighted by Crippen LogP contribution is 2.25. The predicted octanol–water partition coefficient (Wildman–Crippen LogP) is 2.42. The van der Waals surface area contributed by atoms with Gasteiger partial charge in [-0.15, -0.1) is 0 Å². The Morgan fingerprint density at radius 3 is 2.95 bits per heavy atom. The molecule has 1 fully saturated rings. The van der Waals surface area contributed by atoms with Gasteiger partial charge in [-0.05, 0) is 31.4 Å². The smallest absolute Gasteiger partial charge is 0.239 e. The Morgan fingerprint density at radius 2 is 2.20 bits per heavy atom. The Bertz CT molecular complexity index is 426. The Balaban J connectivity index is 1.91. The van der Waals surface area contributed by atoms with E-state index in [1.165, 1.54) is 6.42 Å². The molecule has 0 radical (unpaired) electrons. The number of hydrogen-bond acceptors (Lipinski definition) is 5. The third-order valence-corrected chi connectivity index (χ3v) is 3.75. The van der Waals surface area contributed by atoms with E-state index in [1.807, 2.05) is 13.0 Å². The van der Waals surface area contributed by atoms with Gasteiger partial charge in [-0.1, -0.05) is 19.8 Å². The zero-order valence-corrected chi connectivity index (χ0v) is 12.1. The van der Waals surface area contributed by atoms with Crippen LogP contribution in [0.1, 0.15) is 39.0 Å². The molecule has 1 saturated carbocycles. The molecule has 0 aliphatic heterocycles. The van der Waals surface area contributed by atoms with Crippen molar-refractivity contribution < 1.29 is 9.84 Å². The summed E-state index contributed by atoms with van der Waals surface area (Å²) < 4.78 is 5.51. The number of anilines is 2. The summed E-state index contributed by atoms with van der Waals surface area (Å²) in [6, 6.07) is 3.65. The standard InChI is InChI=1S/C15H25N3O2/c1-2-9-20-15-12(16)7-8-14(18-15)17-10-11-5-3-4-6-13(11)19/h7-8,11,13,19H,2-6,9-10,16H2,1H3,(H,17,18). The molecule has 0 spiro atoms. The highest BCUT2D eigenvalue weighted by atomic mass is 16.5. The molecular formula is C15H25N3O2. The lowest BCUT2D eigenvalue weighted by atomic mass is 9.86. The first-order valence-electron chi connectivity index (χ1n) is 7.52. The fourth-order valence-electron chi connectivity index (χ4n) is 2.53. The second-order valence-corrected chi connectivity index (χ2v) is 5.43. The number of aromatic nitrogens is 1. The molecule has 2 unspecified atom stereocenters. The number of aliphatic hydroxyl groups excluding tert-OH is 1. The van der Waals surface area contributed by atoms with Crippen LogP contribution >= 0.6 is 0 Å². The number of nitrogens with two attached hydrogens (primary N) is 1. The number of nitrogens with zero attached hydrogens (tertiary/aromatic N) is 1. The van der Waals surface area contributed by atoms with E-state index in [2.05, 4.69) is 10.3 Å². The van der Waals surface area contributed by atoms with Crippen molar-refractivity contribution in [2.24, 2.45) is 5.92 Å². The fraction of sp³-hybridized carbons (Fsp3) is 0.667. The van der Waals surface area contributed by atoms with Gasteiger partial charge in [0.25, 0.3) is 0 Å². The molecule has 2 rings (SSSR count). The number of hydrogen-bond donors (Lipinski definition) is 3. The van der Waals surface area contributed by atoms with Crippen molar-refractivity contribution in [2.45, 2.75) is 45.1 Å². The minimum atomic E-state index is -0.194. The van der Waals surface area contributed by atoms with E-state index in [1.54, 1.807) is 6.07 Å². The average molecular weight is 279 g/mol. The van der Waals surface area contributed by atoms with E-state index in [0.29, 0.717) is 24.1 Å². The maximum absolute atomic E-state index is 9.96. The monoisotopic (exact) mass is 279 g/mol. The van der Waals surface area contributed by atoms with Gasteiger partial charge in [0, 0.05) is 12.5 Å². The second-order valence-electron chi connectivity index (χ2n) is 5.43. The molecule has 0 saturated heterocycles. The lowest BCUT2D eigenvalue weighted by molar-refractivity contribution is 0.0763. The first-order valence-corrected chi connectivity index (χ1v) is 7.52. The van der Waals surface area contributed by atoms with Crippen LogP contribution in [0.4, 0.5) is 11.5 Å². The third-order valence-electron chi connectivity index (χ3n) is 3.75. The SMILES string of the molecule is CCCOc1nc(NCC2CCCCC2O)ccc1N. The number of nitrogens with one attached hydrogen (secondary N) is 1. The topological polar surface area (TPSA) is 80.4 Å². The maximum Gasteiger partial charge on any atom is 0.239 e. The lowest BCUT2D eigenvalue weighted by Crippen LogP contribution is -2.30. The summed E-state index contributed by atoms with van der Waals surface area (Å²) in [4.78, 5) is 4.38. The highest BCUT2D eigenvalue weighted by molar-refractivity contribution is 5.53. The average Bonchev–Trinajstić information content (AvgIpc) is 2.46. The van der Waals surface area contributed by atoms with Crippen molar-refractivity contribution in [3.63, 3.8) is 0 Å². The Morgan fingerprint density at radius 1 is 1.40 bits per heavy atom. The summed E-state index contributed by atoms with van der Waals surface area (Å²) in [5.41, 5.74) is 6.39. The molecule has 1 aromatic rings. The van der Waals surface area contributed by atoms with Crippen LogP contribution in [0.5, 0.6) is 5.88 Å². The van der Waals surface area contributed by atoms with E-state index < -0.39 is 0 Å². The van der Waals surface area contributed by atoms with Gasteiger partial charge < -0.3 is 20.9 Å². The van der Waals surface area contributed by atoms with E-state index in [-0.39, 0.29) is 6.10 Å². The molecule has 0 amide bonds. The molecule has 5 nitrogen and oxygen atoms in total. The van der Waals surface area contributed by atoms with E-state index in [0.717, 1.165) is 38.0 Å². The van der Waals surface area contributed by atoms with Gasteiger partial charge in [-0.25, -0.2) is 0 Å². The van der Waals surface area contributed by atoms with Gasteiger partial charge >= 0.3 is 0 Å². The van der Waals surface area contributed by atoms with Crippen LogP contribution in [0.25, 0.3) is 0 Å². The van der Waals surface area contributed by atoms with Crippen molar-refractivity contribution in [3.8, 4) is 5.88 Å². The van der Waals surface area contributed by atoms with Crippen LogP contribution in [-0.2, 0) is 0 Å². The van der Waals surface area contributed by atoms with Crippen molar-refractivity contribution in [1.29, 1.82) is 0 Å². The summed E-state index contributed by atoms with van der Waals surface area (Å²) >= 11 is 0. The van der Waals surface area contributed by atoms with E-state index >= 15 is 0 Å². The summed E-state index contributed by atoms with van der Waals surface area (Å²) in [7, 11) is 0. The molecule has 0 aromatic carbocycles. The zero-order chi connectivity index (χ0) is 14.4. The van der Waals surface area contributed by atoms with Crippen LogP contribution in [0.3, 0.4) is 0 Å². The van der Waals surface area contributed by atoms with Crippen LogP contribution in [-0.4, -0.2) is 29.3 Å². The Kier molecular flexibility index (Phi) is 5.47. The molecule has 0 bridgehead atoms. The predicted molar refractivity (Wildman–Crippen MR) is 80.9 cm³/mol. The number of pyridine rings is 1. The van der Waals surface area contributed by atoms with Gasteiger partial charge in [-0.3, -0.25) is 0 Å². The zero-order valence-electron chi connectivity index (χ0n) is 12.1. The van der Waals surface area contributed by atoms with Gasteiger partial charge in [0.2, 0.25) is 5.88 Å². The molecule has 20 heavy (non-hydrogen) atoms. The highest BCUT2D eigenvalue weighted by Gasteiger charge is 2.22. The molecule has 1 aromatic heterocycles. The molecule has 4 N–H and O–H groups in total. The van der Waals surface area contributed by atoms with Crippen LogP contribution in [0.15, 0.2) is 12.1 Å². The molecule has 5 heteroatoms.